The molecule has 10 heavy (non-hydrogen) atoms. The first-order chi connectivity index (χ1) is 4.62. The van der Waals surface area contributed by atoms with Crippen LogP contribution in [0.25, 0.3) is 0 Å². The Balaban J connectivity index is 3.42. The zero-order valence-electron chi connectivity index (χ0n) is 6.99. The van der Waals surface area contributed by atoms with E-state index in [-0.39, 0.29) is 4.45 Å². The molecule has 1 unspecified atom stereocenters. The van der Waals surface area contributed by atoms with Crippen LogP contribution in [0.4, 0.5) is 0 Å². The maximum Gasteiger partial charge on any atom is 0.0717 e. The van der Waals surface area contributed by atoms with E-state index < -0.39 is 0 Å². The molecular formula is C8H18BrN. The highest BCUT2D eigenvalue weighted by molar-refractivity contribution is 9.10. The van der Waals surface area contributed by atoms with Crippen LogP contribution >= 0.6 is 15.9 Å². The summed E-state index contributed by atoms with van der Waals surface area (Å²) >= 11 is 3.52. The Morgan fingerprint density at radius 3 is 2.20 bits per heavy atom. The minimum atomic E-state index is -0.0856. The highest BCUT2D eigenvalue weighted by atomic mass is 79.9. The van der Waals surface area contributed by atoms with E-state index in [1.54, 1.807) is 0 Å². The van der Waals surface area contributed by atoms with E-state index in [2.05, 4.69) is 29.8 Å². The van der Waals surface area contributed by atoms with Crippen molar-refractivity contribution in [3.05, 3.63) is 0 Å². The van der Waals surface area contributed by atoms with Crippen LogP contribution in [-0.2, 0) is 0 Å². The Labute approximate surface area is 72.5 Å². The fourth-order valence-corrected chi connectivity index (χ4v) is 1.69. The normalized spacial score (nSPS) is 16.8. The predicted octanol–water partition coefficient (Wildman–Crippen LogP) is 3.03. The number of hydrogen-bond donors (Lipinski definition) is 1. The fourth-order valence-electron chi connectivity index (χ4n) is 1.01. The molecule has 0 rings (SSSR count). The van der Waals surface area contributed by atoms with Crippen molar-refractivity contribution in [2.75, 3.05) is 0 Å². The molecule has 1 nitrogen and oxygen atoms in total. The third-order valence-corrected chi connectivity index (χ3v) is 2.40. The summed E-state index contributed by atoms with van der Waals surface area (Å²) in [5.74, 6) is 0. The number of rotatable bonds is 5. The second-order valence-electron chi connectivity index (χ2n) is 2.89. The summed E-state index contributed by atoms with van der Waals surface area (Å²) in [6.07, 6.45) is 5.78. The van der Waals surface area contributed by atoms with Gasteiger partial charge < -0.3 is 5.73 Å². The molecule has 2 heteroatoms. The highest BCUT2D eigenvalue weighted by Gasteiger charge is 2.17. The monoisotopic (exact) mass is 207 g/mol. The van der Waals surface area contributed by atoms with Crippen LogP contribution in [0, 0.1) is 0 Å². The van der Waals surface area contributed by atoms with Crippen molar-refractivity contribution in [3.63, 3.8) is 0 Å². The van der Waals surface area contributed by atoms with E-state index in [1.165, 1.54) is 12.8 Å². The average Bonchev–Trinajstić information content (AvgIpc) is 1.84. The quantitative estimate of drug-likeness (QED) is 0.545. The lowest BCUT2D eigenvalue weighted by Crippen LogP contribution is -2.31. The smallest absolute Gasteiger partial charge is 0.0717 e. The topological polar surface area (TPSA) is 26.0 Å². The van der Waals surface area contributed by atoms with Crippen LogP contribution in [-0.4, -0.2) is 4.45 Å². The van der Waals surface area contributed by atoms with Gasteiger partial charge in [0.1, 0.15) is 0 Å². The van der Waals surface area contributed by atoms with Gasteiger partial charge in [0.2, 0.25) is 0 Å². The van der Waals surface area contributed by atoms with Crippen molar-refractivity contribution in [2.45, 2.75) is 50.4 Å². The molecule has 0 radical (unpaired) electrons. The lowest BCUT2D eigenvalue weighted by Gasteiger charge is -2.20. The van der Waals surface area contributed by atoms with E-state index in [0.29, 0.717) is 0 Å². The van der Waals surface area contributed by atoms with Gasteiger partial charge >= 0.3 is 0 Å². The molecule has 0 fully saturated rings. The summed E-state index contributed by atoms with van der Waals surface area (Å²) in [7, 11) is 0. The van der Waals surface area contributed by atoms with Gasteiger partial charge in [-0.3, -0.25) is 0 Å². The van der Waals surface area contributed by atoms with Crippen LogP contribution < -0.4 is 5.73 Å². The summed E-state index contributed by atoms with van der Waals surface area (Å²) < 4.78 is -0.0856. The minimum Gasteiger partial charge on any atom is -0.316 e. The molecule has 0 aromatic carbocycles. The fraction of sp³-hybridized carbons (Fsp3) is 1.00. The first-order valence-electron chi connectivity index (χ1n) is 4.10. The second-order valence-corrected chi connectivity index (χ2v) is 4.47. The number of alkyl halides is 1. The standard InChI is InChI=1S/C8H18BrN/c1-3-5-7-8(9,10)6-4-2/h3-7,10H2,1-2H3. The van der Waals surface area contributed by atoms with Gasteiger partial charge in [-0.2, -0.15) is 0 Å². The van der Waals surface area contributed by atoms with Crippen molar-refractivity contribution >= 4 is 15.9 Å². The Morgan fingerprint density at radius 1 is 1.20 bits per heavy atom. The molecule has 0 aliphatic heterocycles. The lowest BCUT2D eigenvalue weighted by atomic mass is 10.1. The minimum absolute atomic E-state index is 0.0856. The van der Waals surface area contributed by atoms with Crippen LogP contribution in [0.1, 0.15) is 46.0 Å². The van der Waals surface area contributed by atoms with Gasteiger partial charge in [-0.1, -0.05) is 49.0 Å². The van der Waals surface area contributed by atoms with E-state index in [4.69, 9.17) is 5.73 Å². The summed E-state index contributed by atoms with van der Waals surface area (Å²) in [6.45, 7) is 4.35. The van der Waals surface area contributed by atoms with Crippen LogP contribution in [0.15, 0.2) is 0 Å². The van der Waals surface area contributed by atoms with Crippen molar-refractivity contribution < 1.29 is 0 Å². The van der Waals surface area contributed by atoms with E-state index in [0.717, 1.165) is 19.3 Å². The Hall–Kier alpha value is 0.440. The molecule has 0 aliphatic carbocycles. The molecule has 0 heterocycles. The van der Waals surface area contributed by atoms with Gasteiger partial charge in [0, 0.05) is 0 Å². The molecule has 2 N–H and O–H groups in total. The van der Waals surface area contributed by atoms with Gasteiger partial charge in [-0.25, -0.2) is 0 Å². The number of nitrogens with two attached hydrogens (primary N) is 1. The maximum absolute atomic E-state index is 5.93. The van der Waals surface area contributed by atoms with E-state index >= 15 is 0 Å². The zero-order chi connectivity index (χ0) is 8.04. The van der Waals surface area contributed by atoms with E-state index in [1.807, 2.05) is 0 Å². The molecular weight excluding hydrogens is 190 g/mol. The molecule has 0 saturated carbocycles. The molecule has 0 saturated heterocycles. The molecule has 0 aromatic heterocycles. The van der Waals surface area contributed by atoms with Crippen molar-refractivity contribution in [1.29, 1.82) is 0 Å². The molecule has 0 amide bonds. The van der Waals surface area contributed by atoms with Gasteiger partial charge in [0.25, 0.3) is 0 Å². The number of hydrogen-bond acceptors (Lipinski definition) is 1. The largest absolute Gasteiger partial charge is 0.316 e. The summed E-state index contributed by atoms with van der Waals surface area (Å²) in [5.41, 5.74) is 5.93. The van der Waals surface area contributed by atoms with Gasteiger partial charge in [0.15, 0.2) is 0 Å². The molecule has 62 valence electrons. The molecule has 0 aromatic rings. The predicted molar refractivity (Wildman–Crippen MR) is 50.3 cm³/mol. The Morgan fingerprint density at radius 2 is 1.80 bits per heavy atom. The van der Waals surface area contributed by atoms with Crippen molar-refractivity contribution in [3.8, 4) is 0 Å². The lowest BCUT2D eigenvalue weighted by molar-refractivity contribution is 0.501. The molecule has 0 spiro atoms. The van der Waals surface area contributed by atoms with Crippen molar-refractivity contribution in [2.24, 2.45) is 5.73 Å². The highest BCUT2D eigenvalue weighted by Crippen LogP contribution is 2.23. The molecule has 1 atom stereocenters. The summed E-state index contributed by atoms with van der Waals surface area (Å²) in [4.78, 5) is 0. The number of halogens is 1. The van der Waals surface area contributed by atoms with Crippen LogP contribution in [0.2, 0.25) is 0 Å². The Kier molecular flexibility index (Phi) is 5.36. The maximum atomic E-state index is 5.93. The second kappa shape index (κ2) is 5.14. The first-order valence-corrected chi connectivity index (χ1v) is 4.89. The average molecular weight is 208 g/mol. The van der Waals surface area contributed by atoms with Crippen LogP contribution in [0.3, 0.4) is 0 Å². The van der Waals surface area contributed by atoms with Crippen LogP contribution in [0.5, 0.6) is 0 Å². The zero-order valence-corrected chi connectivity index (χ0v) is 8.58. The first kappa shape index (κ1) is 10.4. The van der Waals surface area contributed by atoms with Gasteiger partial charge in [-0.05, 0) is 12.8 Å². The van der Waals surface area contributed by atoms with Gasteiger partial charge in [-0.15, -0.1) is 0 Å². The third kappa shape index (κ3) is 5.24. The van der Waals surface area contributed by atoms with Gasteiger partial charge in [0.05, 0.1) is 4.45 Å². The summed E-state index contributed by atoms with van der Waals surface area (Å²) in [6, 6.07) is 0. The van der Waals surface area contributed by atoms with E-state index in [9.17, 15) is 0 Å². The Bertz CT molecular complexity index is 81.3. The molecule has 0 bridgehead atoms. The molecule has 0 aliphatic rings. The van der Waals surface area contributed by atoms with Crippen molar-refractivity contribution in [1.82, 2.24) is 0 Å². The number of unbranched alkanes of at least 4 members (excludes halogenated alkanes) is 1. The summed E-state index contributed by atoms with van der Waals surface area (Å²) in [5, 5.41) is 0. The SMILES string of the molecule is CCCCC(N)(Br)CCC. The third-order valence-electron chi connectivity index (χ3n) is 1.61.